The molecule has 0 N–H and O–H groups in total. The Balaban J connectivity index is 1.77. The maximum absolute atomic E-state index is 4.85. The predicted octanol–water partition coefficient (Wildman–Crippen LogP) is 5.62. The van der Waals surface area contributed by atoms with E-state index in [-0.39, 0.29) is 0 Å². The van der Waals surface area contributed by atoms with Crippen LogP contribution in [0.3, 0.4) is 0 Å². The molecule has 0 bridgehead atoms. The molecule has 1 fully saturated rings. The highest BCUT2D eigenvalue weighted by Crippen LogP contribution is 2.27. The molecule has 0 amide bonds. The molecule has 1 saturated carbocycles. The molecule has 1 heterocycles. The number of benzene rings is 2. The first-order chi connectivity index (χ1) is 11.4. The fraction of sp³-hybridized carbons (Fsp3) is 0.286. The average Bonchev–Trinajstić information content (AvgIpc) is 3.00. The van der Waals surface area contributed by atoms with E-state index in [2.05, 4.69) is 71.3 Å². The highest BCUT2D eigenvalue weighted by Gasteiger charge is 2.12. The number of aromatic nitrogens is 2. The van der Waals surface area contributed by atoms with Crippen molar-refractivity contribution in [1.29, 1.82) is 0 Å². The van der Waals surface area contributed by atoms with Gasteiger partial charge in [-0.05, 0) is 49.1 Å². The molecule has 0 atom stereocenters. The number of hydrogen-bond donors (Lipinski definition) is 0. The largest absolute Gasteiger partial charge is 0.293 e. The summed E-state index contributed by atoms with van der Waals surface area (Å²) >= 11 is 0. The Morgan fingerprint density at radius 2 is 1.61 bits per heavy atom. The zero-order valence-corrected chi connectivity index (χ0v) is 13.4. The number of nitrogens with zero attached hydrogens (tertiary/aromatic N) is 2. The molecule has 2 aromatic carbocycles. The lowest BCUT2D eigenvalue weighted by molar-refractivity contribution is 0.420. The molecule has 0 saturated heterocycles. The van der Waals surface area contributed by atoms with Gasteiger partial charge in [-0.1, -0.05) is 55.7 Å². The van der Waals surface area contributed by atoms with Crippen LogP contribution in [0.2, 0.25) is 0 Å². The van der Waals surface area contributed by atoms with E-state index < -0.39 is 0 Å². The van der Waals surface area contributed by atoms with Crippen molar-refractivity contribution >= 4 is 17.1 Å². The summed E-state index contributed by atoms with van der Waals surface area (Å²) in [5, 5.41) is 0. The third-order valence-corrected chi connectivity index (χ3v) is 4.77. The summed E-state index contributed by atoms with van der Waals surface area (Å²) < 4.78 is 2.26. The number of imidazole rings is 1. The minimum Gasteiger partial charge on any atom is -0.293 e. The third-order valence-electron chi connectivity index (χ3n) is 4.77. The molecule has 1 aliphatic carbocycles. The number of allylic oxidation sites excluding steroid dienone is 1. The molecular weight excluding hydrogens is 280 g/mol. The smallest absolute Gasteiger partial charge is 0.138 e. The van der Waals surface area contributed by atoms with E-state index in [1.54, 1.807) is 0 Å². The van der Waals surface area contributed by atoms with Crippen LogP contribution < -0.4 is 0 Å². The van der Waals surface area contributed by atoms with E-state index in [0.717, 1.165) is 11.3 Å². The lowest BCUT2D eigenvalue weighted by atomic mass is 9.89. The van der Waals surface area contributed by atoms with E-state index in [4.69, 9.17) is 4.98 Å². The van der Waals surface area contributed by atoms with Crippen molar-refractivity contribution in [3.8, 4) is 5.69 Å². The van der Waals surface area contributed by atoms with Crippen molar-refractivity contribution < 1.29 is 0 Å². The SMILES string of the molecule is C(=CC1CCCCC1)c1nc2ccccc2n1-c1ccccc1. The van der Waals surface area contributed by atoms with E-state index in [1.165, 1.54) is 43.3 Å². The van der Waals surface area contributed by atoms with Crippen LogP contribution in [0.1, 0.15) is 37.9 Å². The quantitative estimate of drug-likeness (QED) is 0.614. The summed E-state index contributed by atoms with van der Waals surface area (Å²) in [6.07, 6.45) is 11.4. The van der Waals surface area contributed by atoms with Crippen LogP contribution in [0.15, 0.2) is 60.7 Å². The first-order valence-corrected chi connectivity index (χ1v) is 8.63. The lowest BCUT2D eigenvalue weighted by Gasteiger charge is -2.17. The van der Waals surface area contributed by atoms with Gasteiger partial charge in [0.1, 0.15) is 5.82 Å². The van der Waals surface area contributed by atoms with E-state index >= 15 is 0 Å². The van der Waals surface area contributed by atoms with Crippen molar-refractivity contribution in [2.24, 2.45) is 5.92 Å². The molecule has 0 aliphatic heterocycles. The highest BCUT2D eigenvalue weighted by molar-refractivity contribution is 5.80. The molecular formula is C21H22N2. The van der Waals surface area contributed by atoms with Gasteiger partial charge in [-0.15, -0.1) is 0 Å². The second kappa shape index (κ2) is 6.41. The van der Waals surface area contributed by atoms with Crippen LogP contribution in [-0.4, -0.2) is 9.55 Å². The normalized spacial score (nSPS) is 16.3. The minimum atomic E-state index is 0.716. The Bertz CT molecular complexity index is 808. The van der Waals surface area contributed by atoms with Crippen LogP contribution in [0.25, 0.3) is 22.8 Å². The molecule has 3 aromatic rings. The number of fused-ring (bicyclic) bond motifs is 1. The maximum Gasteiger partial charge on any atom is 0.138 e. The van der Waals surface area contributed by atoms with Gasteiger partial charge in [0, 0.05) is 5.69 Å². The molecule has 2 nitrogen and oxygen atoms in total. The fourth-order valence-electron chi connectivity index (χ4n) is 3.55. The zero-order valence-electron chi connectivity index (χ0n) is 13.4. The average molecular weight is 302 g/mol. The number of para-hydroxylation sites is 3. The summed E-state index contributed by atoms with van der Waals surface area (Å²) in [4.78, 5) is 4.85. The van der Waals surface area contributed by atoms with Crippen molar-refractivity contribution in [2.75, 3.05) is 0 Å². The van der Waals surface area contributed by atoms with Crippen LogP contribution in [0.5, 0.6) is 0 Å². The minimum absolute atomic E-state index is 0.716. The molecule has 116 valence electrons. The molecule has 0 unspecified atom stereocenters. The van der Waals surface area contributed by atoms with Gasteiger partial charge in [0.05, 0.1) is 11.0 Å². The van der Waals surface area contributed by atoms with Crippen LogP contribution >= 0.6 is 0 Å². The topological polar surface area (TPSA) is 17.8 Å². The monoisotopic (exact) mass is 302 g/mol. The van der Waals surface area contributed by atoms with Gasteiger partial charge in [0.2, 0.25) is 0 Å². The zero-order chi connectivity index (χ0) is 15.5. The van der Waals surface area contributed by atoms with Gasteiger partial charge in [-0.25, -0.2) is 4.98 Å². The number of hydrogen-bond acceptors (Lipinski definition) is 1. The van der Waals surface area contributed by atoms with E-state index in [1.807, 2.05) is 0 Å². The molecule has 1 aliphatic rings. The van der Waals surface area contributed by atoms with E-state index in [0.29, 0.717) is 5.92 Å². The molecule has 23 heavy (non-hydrogen) atoms. The summed E-state index contributed by atoms with van der Waals surface area (Å²) in [5.74, 6) is 1.75. The first-order valence-electron chi connectivity index (χ1n) is 8.63. The highest BCUT2D eigenvalue weighted by atomic mass is 15.1. The summed E-state index contributed by atoms with van der Waals surface area (Å²) in [5.41, 5.74) is 3.39. The second-order valence-electron chi connectivity index (χ2n) is 6.39. The van der Waals surface area contributed by atoms with Gasteiger partial charge >= 0.3 is 0 Å². The molecule has 1 aromatic heterocycles. The van der Waals surface area contributed by atoms with Crippen molar-refractivity contribution in [3.63, 3.8) is 0 Å². The van der Waals surface area contributed by atoms with Gasteiger partial charge in [0.15, 0.2) is 0 Å². The van der Waals surface area contributed by atoms with Crippen molar-refractivity contribution in [3.05, 3.63) is 66.5 Å². The van der Waals surface area contributed by atoms with Gasteiger partial charge in [-0.2, -0.15) is 0 Å². The Hall–Kier alpha value is -2.35. The van der Waals surface area contributed by atoms with Crippen molar-refractivity contribution in [1.82, 2.24) is 9.55 Å². The van der Waals surface area contributed by atoms with Crippen LogP contribution in [0, 0.1) is 5.92 Å². The van der Waals surface area contributed by atoms with Gasteiger partial charge in [0.25, 0.3) is 0 Å². The number of rotatable bonds is 3. The fourth-order valence-corrected chi connectivity index (χ4v) is 3.55. The molecule has 2 heteroatoms. The molecule has 4 rings (SSSR count). The predicted molar refractivity (Wildman–Crippen MR) is 96.7 cm³/mol. The molecule has 0 radical (unpaired) electrons. The Kier molecular flexibility index (Phi) is 3.97. The summed E-state index contributed by atoms with van der Waals surface area (Å²) in [6.45, 7) is 0. The van der Waals surface area contributed by atoms with Crippen molar-refractivity contribution in [2.45, 2.75) is 32.1 Å². The first kappa shape index (κ1) is 14.3. The standard InChI is InChI=1S/C21H22N2/c1-3-9-17(10-4-1)15-16-21-22-19-13-7-8-14-20(19)23(21)18-11-5-2-6-12-18/h2,5-8,11-17H,1,3-4,9-10H2. The second-order valence-corrected chi connectivity index (χ2v) is 6.39. The molecule has 0 spiro atoms. The Morgan fingerprint density at radius 3 is 2.43 bits per heavy atom. The lowest BCUT2D eigenvalue weighted by Crippen LogP contribution is -2.03. The van der Waals surface area contributed by atoms with Gasteiger partial charge in [-0.3, -0.25) is 4.57 Å². The third kappa shape index (κ3) is 2.94. The maximum atomic E-state index is 4.85. The Morgan fingerprint density at radius 1 is 0.870 bits per heavy atom. The van der Waals surface area contributed by atoms with Crippen LogP contribution in [0.4, 0.5) is 0 Å². The van der Waals surface area contributed by atoms with Crippen LogP contribution in [-0.2, 0) is 0 Å². The van der Waals surface area contributed by atoms with E-state index in [9.17, 15) is 0 Å². The Labute approximate surface area is 137 Å². The summed E-state index contributed by atoms with van der Waals surface area (Å²) in [6, 6.07) is 18.9. The summed E-state index contributed by atoms with van der Waals surface area (Å²) in [7, 11) is 0. The van der Waals surface area contributed by atoms with Gasteiger partial charge < -0.3 is 0 Å².